The van der Waals surface area contributed by atoms with E-state index in [1.54, 1.807) is 0 Å². The number of hydrogen-bond donors (Lipinski definition) is 0. The minimum Gasteiger partial charge on any atom is -0.198 e. The molecule has 1 fully saturated rings. The Balaban J connectivity index is 2.17. The molecule has 0 amide bonds. The Bertz CT molecular complexity index is 323. The first-order valence-electron chi connectivity index (χ1n) is 3.81. The van der Waals surface area contributed by atoms with Gasteiger partial charge in [-0.25, -0.2) is 0 Å². The van der Waals surface area contributed by atoms with E-state index < -0.39 is 0 Å². The average Bonchev–Trinajstić information content (AvgIpc) is 2.85. The second kappa shape index (κ2) is 2.80. The Labute approximate surface area is 76.6 Å². The summed E-state index contributed by atoms with van der Waals surface area (Å²) in [6.45, 7) is 0. The van der Waals surface area contributed by atoms with Gasteiger partial charge in [0.05, 0.1) is 12.0 Å². The number of rotatable bonds is 1. The molecule has 1 radical (unpaired) electrons. The summed E-state index contributed by atoms with van der Waals surface area (Å²) in [6.07, 6.45) is 2.03. The summed E-state index contributed by atoms with van der Waals surface area (Å²) in [5.74, 6) is 0.457. The number of nitrogens with zero attached hydrogens (tertiary/aromatic N) is 1. The van der Waals surface area contributed by atoms with Crippen LogP contribution in [0, 0.1) is 23.7 Å². The lowest BCUT2D eigenvalue weighted by molar-refractivity contribution is 1.02. The van der Waals surface area contributed by atoms with Gasteiger partial charge in [0, 0.05) is 10.9 Å². The zero-order valence-electron chi connectivity index (χ0n) is 6.37. The van der Waals surface area contributed by atoms with Crippen LogP contribution in [0.3, 0.4) is 0 Å². The molecule has 1 saturated carbocycles. The molecule has 0 saturated heterocycles. The van der Waals surface area contributed by atoms with E-state index >= 15 is 0 Å². The quantitative estimate of drug-likeness (QED) is 0.646. The van der Waals surface area contributed by atoms with Gasteiger partial charge in [0.15, 0.2) is 0 Å². The minimum absolute atomic E-state index is 0.117. The zero-order chi connectivity index (χ0) is 8.55. The van der Waals surface area contributed by atoms with E-state index in [9.17, 15) is 0 Å². The molecular formula is C10H7ClN. The fraction of sp³-hybridized carbons (Fsp3) is 0.200. The maximum absolute atomic E-state index is 8.59. The summed E-state index contributed by atoms with van der Waals surface area (Å²) in [4.78, 5) is 0. The third-order valence-corrected chi connectivity index (χ3v) is 2.32. The van der Waals surface area contributed by atoms with Crippen molar-refractivity contribution in [3.05, 3.63) is 41.3 Å². The third kappa shape index (κ3) is 1.31. The van der Waals surface area contributed by atoms with Gasteiger partial charge in [0.2, 0.25) is 0 Å². The largest absolute Gasteiger partial charge is 0.198 e. The predicted molar refractivity (Wildman–Crippen MR) is 47.6 cm³/mol. The molecule has 2 unspecified atom stereocenters. The van der Waals surface area contributed by atoms with E-state index in [0.717, 1.165) is 5.02 Å². The molecule has 0 aliphatic heterocycles. The van der Waals surface area contributed by atoms with Crippen molar-refractivity contribution in [2.24, 2.45) is 5.92 Å². The van der Waals surface area contributed by atoms with Crippen LogP contribution in [0.1, 0.15) is 11.5 Å². The summed E-state index contributed by atoms with van der Waals surface area (Å²) in [6, 6.07) is 9.88. The molecule has 1 aromatic carbocycles. The summed E-state index contributed by atoms with van der Waals surface area (Å²) >= 11 is 5.73. The fourth-order valence-corrected chi connectivity index (χ4v) is 1.41. The monoisotopic (exact) mass is 176 g/mol. The topological polar surface area (TPSA) is 23.8 Å². The van der Waals surface area contributed by atoms with Gasteiger partial charge in [0.1, 0.15) is 0 Å². The van der Waals surface area contributed by atoms with Crippen molar-refractivity contribution in [2.75, 3.05) is 0 Å². The van der Waals surface area contributed by atoms with E-state index in [1.807, 2.05) is 30.7 Å². The van der Waals surface area contributed by atoms with E-state index in [2.05, 4.69) is 6.07 Å². The lowest BCUT2D eigenvalue weighted by atomic mass is 10.1. The molecular weight excluding hydrogens is 170 g/mol. The van der Waals surface area contributed by atoms with Crippen LogP contribution >= 0.6 is 11.6 Å². The highest BCUT2D eigenvalue weighted by Gasteiger charge is 2.38. The first-order valence-corrected chi connectivity index (χ1v) is 4.19. The Kier molecular flexibility index (Phi) is 1.78. The minimum atomic E-state index is 0.117. The molecule has 1 aromatic rings. The molecule has 0 spiro atoms. The predicted octanol–water partition coefficient (Wildman–Crippen LogP) is 2.78. The maximum Gasteiger partial charge on any atom is 0.0665 e. The van der Waals surface area contributed by atoms with Gasteiger partial charge in [0.25, 0.3) is 0 Å². The lowest BCUT2D eigenvalue weighted by Gasteiger charge is -1.96. The fourth-order valence-electron chi connectivity index (χ4n) is 1.29. The van der Waals surface area contributed by atoms with E-state index in [4.69, 9.17) is 16.9 Å². The molecule has 0 heterocycles. The van der Waals surface area contributed by atoms with Crippen LogP contribution < -0.4 is 0 Å². The normalized spacial score (nSPS) is 26.3. The Morgan fingerprint density at radius 2 is 1.92 bits per heavy atom. The molecule has 12 heavy (non-hydrogen) atoms. The zero-order valence-corrected chi connectivity index (χ0v) is 7.12. The number of nitriles is 1. The van der Waals surface area contributed by atoms with E-state index in [-0.39, 0.29) is 5.92 Å². The van der Waals surface area contributed by atoms with Crippen molar-refractivity contribution >= 4 is 11.6 Å². The summed E-state index contributed by atoms with van der Waals surface area (Å²) < 4.78 is 0. The van der Waals surface area contributed by atoms with Crippen molar-refractivity contribution < 1.29 is 0 Å². The van der Waals surface area contributed by atoms with Crippen LogP contribution in [0.2, 0.25) is 5.02 Å². The van der Waals surface area contributed by atoms with Crippen LogP contribution in [0.15, 0.2) is 24.3 Å². The second-order valence-corrected chi connectivity index (χ2v) is 3.36. The third-order valence-electron chi connectivity index (χ3n) is 2.06. The first-order chi connectivity index (χ1) is 5.81. The smallest absolute Gasteiger partial charge is 0.0665 e. The molecule has 0 aromatic heterocycles. The molecule has 0 bridgehead atoms. The SMILES string of the molecule is N#CC1[CH]C1c1ccc(Cl)cc1. The van der Waals surface area contributed by atoms with Gasteiger partial charge in [-0.2, -0.15) is 5.26 Å². The van der Waals surface area contributed by atoms with Gasteiger partial charge < -0.3 is 0 Å². The van der Waals surface area contributed by atoms with Crippen molar-refractivity contribution in [1.29, 1.82) is 5.26 Å². The van der Waals surface area contributed by atoms with Gasteiger partial charge in [-0.15, -0.1) is 0 Å². The van der Waals surface area contributed by atoms with Gasteiger partial charge in [-0.1, -0.05) is 23.7 Å². The van der Waals surface area contributed by atoms with Crippen LogP contribution in [0.25, 0.3) is 0 Å². The van der Waals surface area contributed by atoms with Crippen molar-refractivity contribution in [3.63, 3.8) is 0 Å². The van der Waals surface area contributed by atoms with E-state index in [1.165, 1.54) is 5.56 Å². The van der Waals surface area contributed by atoms with E-state index in [0.29, 0.717) is 5.92 Å². The molecule has 1 aliphatic carbocycles. The van der Waals surface area contributed by atoms with Gasteiger partial charge in [-0.3, -0.25) is 0 Å². The Morgan fingerprint density at radius 3 is 2.42 bits per heavy atom. The van der Waals surface area contributed by atoms with Gasteiger partial charge in [-0.05, 0) is 24.1 Å². The van der Waals surface area contributed by atoms with Crippen molar-refractivity contribution in [1.82, 2.24) is 0 Å². The molecule has 2 atom stereocenters. The molecule has 1 nitrogen and oxygen atoms in total. The number of hydrogen-bond acceptors (Lipinski definition) is 1. The van der Waals surface area contributed by atoms with Crippen LogP contribution in [0.5, 0.6) is 0 Å². The first kappa shape index (κ1) is 7.64. The lowest BCUT2D eigenvalue weighted by Crippen LogP contribution is -1.79. The molecule has 2 heteroatoms. The molecule has 1 aliphatic rings. The highest BCUT2D eigenvalue weighted by Crippen LogP contribution is 2.45. The average molecular weight is 177 g/mol. The van der Waals surface area contributed by atoms with Crippen molar-refractivity contribution in [2.45, 2.75) is 5.92 Å². The highest BCUT2D eigenvalue weighted by molar-refractivity contribution is 6.30. The van der Waals surface area contributed by atoms with Crippen LogP contribution in [0.4, 0.5) is 0 Å². The summed E-state index contributed by atoms with van der Waals surface area (Å²) in [7, 11) is 0. The maximum atomic E-state index is 8.59. The summed E-state index contributed by atoms with van der Waals surface area (Å²) in [5.41, 5.74) is 1.19. The molecule has 2 rings (SSSR count). The highest BCUT2D eigenvalue weighted by atomic mass is 35.5. The molecule has 0 N–H and O–H groups in total. The molecule has 59 valence electrons. The van der Waals surface area contributed by atoms with Crippen molar-refractivity contribution in [3.8, 4) is 6.07 Å². The Hall–Kier alpha value is -1.00. The van der Waals surface area contributed by atoms with Crippen LogP contribution in [-0.2, 0) is 0 Å². The Morgan fingerprint density at radius 1 is 1.25 bits per heavy atom. The summed E-state index contributed by atoms with van der Waals surface area (Å²) in [5, 5.41) is 9.33. The number of benzene rings is 1. The van der Waals surface area contributed by atoms with Gasteiger partial charge >= 0.3 is 0 Å². The number of halogens is 1. The standard InChI is InChI=1S/C10H7ClN/c11-9-3-1-7(2-4-9)10-5-8(10)6-12/h1-5,8,10H. The second-order valence-electron chi connectivity index (χ2n) is 2.92. The van der Waals surface area contributed by atoms with Crippen LogP contribution in [-0.4, -0.2) is 0 Å².